The molecule has 1 aromatic carbocycles. The average molecular weight is 317 g/mol. The Morgan fingerprint density at radius 2 is 2.22 bits per heavy atom. The Kier molecular flexibility index (Phi) is 5.56. The quantitative estimate of drug-likeness (QED) is 0.767. The maximum Gasteiger partial charge on any atom is 0.272 e. The molecule has 0 spiro atoms. The smallest absolute Gasteiger partial charge is 0.272 e. The SMILES string of the molecule is CCCCN(C)C(=O)/C(=C/c1cccc(F)c1)n1nnnc1C. The van der Waals surface area contributed by atoms with Gasteiger partial charge >= 0.3 is 0 Å². The van der Waals surface area contributed by atoms with Crippen molar-refractivity contribution in [2.75, 3.05) is 13.6 Å². The van der Waals surface area contributed by atoms with Gasteiger partial charge in [-0.25, -0.2) is 4.39 Å². The summed E-state index contributed by atoms with van der Waals surface area (Å²) in [4.78, 5) is 14.4. The van der Waals surface area contributed by atoms with Gasteiger partial charge in [0.15, 0.2) is 5.82 Å². The highest BCUT2D eigenvalue weighted by Crippen LogP contribution is 2.15. The van der Waals surface area contributed by atoms with Gasteiger partial charge in [0.1, 0.15) is 11.5 Å². The molecule has 0 unspecified atom stereocenters. The van der Waals surface area contributed by atoms with Gasteiger partial charge in [0, 0.05) is 13.6 Å². The predicted molar refractivity (Wildman–Crippen MR) is 85.7 cm³/mol. The number of nitrogens with zero attached hydrogens (tertiary/aromatic N) is 5. The van der Waals surface area contributed by atoms with E-state index in [0.717, 1.165) is 12.8 Å². The van der Waals surface area contributed by atoms with Gasteiger partial charge in [0.05, 0.1) is 0 Å². The van der Waals surface area contributed by atoms with Crippen LogP contribution in [0.3, 0.4) is 0 Å². The first kappa shape index (κ1) is 16.8. The fraction of sp³-hybridized carbons (Fsp3) is 0.375. The lowest BCUT2D eigenvalue weighted by atomic mass is 10.1. The van der Waals surface area contributed by atoms with Crippen molar-refractivity contribution in [3.8, 4) is 0 Å². The Hall–Kier alpha value is -2.57. The van der Waals surface area contributed by atoms with Gasteiger partial charge in [-0.1, -0.05) is 25.5 Å². The maximum atomic E-state index is 13.4. The molecule has 122 valence electrons. The van der Waals surface area contributed by atoms with E-state index in [4.69, 9.17) is 0 Å². The zero-order valence-electron chi connectivity index (χ0n) is 13.5. The molecule has 7 heteroatoms. The number of carbonyl (C=O) groups is 1. The van der Waals surface area contributed by atoms with E-state index in [2.05, 4.69) is 22.4 Å². The fourth-order valence-corrected chi connectivity index (χ4v) is 2.11. The molecule has 0 saturated carbocycles. The van der Waals surface area contributed by atoms with Crippen LogP contribution in [0.5, 0.6) is 0 Å². The summed E-state index contributed by atoms with van der Waals surface area (Å²) < 4.78 is 14.8. The summed E-state index contributed by atoms with van der Waals surface area (Å²) in [6.45, 7) is 4.41. The first-order chi connectivity index (χ1) is 11.0. The van der Waals surface area contributed by atoms with Crippen LogP contribution >= 0.6 is 0 Å². The molecule has 1 heterocycles. The number of hydrogen-bond acceptors (Lipinski definition) is 4. The number of halogens is 1. The second kappa shape index (κ2) is 7.62. The summed E-state index contributed by atoms with van der Waals surface area (Å²) >= 11 is 0. The molecule has 0 saturated heterocycles. The highest BCUT2D eigenvalue weighted by molar-refractivity contribution is 6.18. The van der Waals surface area contributed by atoms with E-state index in [1.807, 2.05) is 0 Å². The van der Waals surface area contributed by atoms with Crippen LogP contribution in [-0.4, -0.2) is 44.6 Å². The minimum Gasteiger partial charge on any atom is -0.340 e. The molecule has 0 fully saturated rings. The molecule has 23 heavy (non-hydrogen) atoms. The molecule has 0 atom stereocenters. The molecule has 0 aliphatic rings. The number of aryl methyl sites for hydroxylation is 1. The summed E-state index contributed by atoms with van der Waals surface area (Å²) in [6, 6.07) is 6.03. The Labute approximate surface area is 134 Å². The third kappa shape index (κ3) is 4.21. The number of rotatable bonds is 6. The van der Waals surface area contributed by atoms with Crippen molar-refractivity contribution in [3.63, 3.8) is 0 Å². The van der Waals surface area contributed by atoms with Crippen LogP contribution in [0.2, 0.25) is 0 Å². The van der Waals surface area contributed by atoms with Crippen LogP contribution < -0.4 is 0 Å². The first-order valence-electron chi connectivity index (χ1n) is 7.51. The Bertz CT molecular complexity index is 710. The van der Waals surface area contributed by atoms with Crippen molar-refractivity contribution in [3.05, 3.63) is 41.5 Å². The van der Waals surface area contributed by atoms with Crippen molar-refractivity contribution < 1.29 is 9.18 Å². The lowest BCUT2D eigenvalue weighted by Gasteiger charge is -2.18. The molecular formula is C16H20FN5O. The van der Waals surface area contributed by atoms with E-state index in [1.165, 1.54) is 16.8 Å². The normalized spacial score (nSPS) is 11.6. The summed E-state index contributed by atoms with van der Waals surface area (Å²) in [7, 11) is 1.73. The standard InChI is InChI=1S/C16H20FN5O/c1-4-5-9-21(3)16(23)15(22-12(2)18-19-20-22)11-13-7-6-8-14(17)10-13/h6-8,10-11H,4-5,9H2,1-3H3/b15-11-. The molecule has 0 radical (unpaired) electrons. The molecule has 0 aliphatic heterocycles. The average Bonchev–Trinajstić information content (AvgIpc) is 2.95. The van der Waals surface area contributed by atoms with E-state index in [0.29, 0.717) is 17.9 Å². The third-order valence-electron chi connectivity index (χ3n) is 3.42. The summed E-state index contributed by atoms with van der Waals surface area (Å²) in [5.41, 5.74) is 0.865. The number of aromatic nitrogens is 4. The number of carbonyl (C=O) groups excluding carboxylic acids is 1. The van der Waals surface area contributed by atoms with Crippen LogP contribution in [0.4, 0.5) is 4.39 Å². The van der Waals surface area contributed by atoms with Gasteiger partial charge < -0.3 is 4.90 Å². The van der Waals surface area contributed by atoms with Crippen LogP contribution in [0.1, 0.15) is 31.2 Å². The predicted octanol–water partition coefficient (Wildman–Crippen LogP) is 2.38. The lowest BCUT2D eigenvalue weighted by molar-refractivity contribution is -0.124. The zero-order chi connectivity index (χ0) is 16.8. The number of benzene rings is 1. The van der Waals surface area contributed by atoms with Crippen LogP contribution in [0, 0.1) is 12.7 Å². The van der Waals surface area contributed by atoms with E-state index in [9.17, 15) is 9.18 Å². The van der Waals surface area contributed by atoms with Crippen LogP contribution in [0.15, 0.2) is 24.3 Å². The van der Waals surface area contributed by atoms with E-state index in [1.54, 1.807) is 37.1 Å². The largest absolute Gasteiger partial charge is 0.340 e. The van der Waals surface area contributed by atoms with Gasteiger partial charge in [-0.15, -0.1) is 5.10 Å². The van der Waals surface area contributed by atoms with E-state index < -0.39 is 0 Å². The highest BCUT2D eigenvalue weighted by atomic mass is 19.1. The minimum absolute atomic E-state index is 0.210. The van der Waals surface area contributed by atoms with Crippen molar-refractivity contribution in [2.24, 2.45) is 0 Å². The van der Waals surface area contributed by atoms with Crippen molar-refractivity contribution >= 4 is 17.7 Å². The number of amides is 1. The molecule has 0 bridgehead atoms. The van der Waals surface area contributed by atoms with Crippen molar-refractivity contribution in [1.82, 2.24) is 25.1 Å². The second-order valence-corrected chi connectivity index (χ2v) is 5.30. The van der Waals surface area contributed by atoms with Gasteiger partial charge in [-0.05, 0) is 47.5 Å². The van der Waals surface area contributed by atoms with E-state index >= 15 is 0 Å². The number of unbranched alkanes of at least 4 members (excludes halogenated alkanes) is 1. The second-order valence-electron chi connectivity index (χ2n) is 5.30. The lowest BCUT2D eigenvalue weighted by Crippen LogP contribution is -2.30. The molecule has 1 aromatic heterocycles. The number of hydrogen-bond donors (Lipinski definition) is 0. The Balaban J connectivity index is 2.40. The van der Waals surface area contributed by atoms with Crippen molar-refractivity contribution in [2.45, 2.75) is 26.7 Å². The summed E-state index contributed by atoms with van der Waals surface area (Å²) in [6.07, 6.45) is 3.49. The Morgan fingerprint density at radius 3 is 2.83 bits per heavy atom. The first-order valence-corrected chi connectivity index (χ1v) is 7.51. The van der Waals surface area contributed by atoms with Gasteiger partial charge in [0.25, 0.3) is 5.91 Å². The monoisotopic (exact) mass is 317 g/mol. The highest BCUT2D eigenvalue weighted by Gasteiger charge is 2.19. The van der Waals surface area contributed by atoms with E-state index in [-0.39, 0.29) is 17.4 Å². The molecule has 1 amide bonds. The van der Waals surface area contributed by atoms with Gasteiger partial charge in [-0.2, -0.15) is 4.68 Å². The zero-order valence-corrected chi connectivity index (χ0v) is 13.5. The third-order valence-corrected chi connectivity index (χ3v) is 3.42. The fourth-order valence-electron chi connectivity index (χ4n) is 2.11. The number of tetrazole rings is 1. The van der Waals surface area contributed by atoms with Gasteiger partial charge in [-0.3, -0.25) is 4.79 Å². The molecule has 6 nitrogen and oxygen atoms in total. The van der Waals surface area contributed by atoms with Gasteiger partial charge in [0.2, 0.25) is 0 Å². The number of likely N-dealkylation sites (N-methyl/N-ethyl adjacent to an activating group) is 1. The molecule has 0 aliphatic carbocycles. The molecule has 2 aromatic rings. The van der Waals surface area contributed by atoms with Crippen LogP contribution in [-0.2, 0) is 4.79 Å². The molecular weight excluding hydrogens is 297 g/mol. The topological polar surface area (TPSA) is 63.9 Å². The summed E-state index contributed by atoms with van der Waals surface area (Å²) in [5, 5.41) is 11.3. The maximum absolute atomic E-state index is 13.4. The minimum atomic E-state index is -0.363. The Morgan fingerprint density at radius 1 is 1.43 bits per heavy atom. The molecule has 0 N–H and O–H groups in total. The molecule has 2 rings (SSSR count). The van der Waals surface area contributed by atoms with Crippen LogP contribution in [0.25, 0.3) is 11.8 Å². The summed E-state index contributed by atoms with van der Waals surface area (Å²) in [5.74, 6) is -0.0821. The van der Waals surface area contributed by atoms with Crippen molar-refractivity contribution in [1.29, 1.82) is 0 Å².